The van der Waals surface area contributed by atoms with E-state index >= 15 is 0 Å². The highest BCUT2D eigenvalue weighted by molar-refractivity contribution is 5.96. The summed E-state index contributed by atoms with van der Waals surface area (Å²) < 4.78 is 5.67. The molecule has 6 heteroatoms. The topological polar surface area (TPSA) is 93.9 Å². The lowest BCUT2D eigenvalue weighted by molar-refractivity contribution is 0.0996. The Labute approximate surface area is 123 Å². The number of hydrogen-bond acceptors (Lipinski definition) is 4. The number of nitrogens with one attached hydrogen (secondary N) is 1. The molecule has 0 spiro atoms. The van der Waals surface area contributed by atoms with Gasteiger partial charge in [-0.2, -0.15) is 15.4 Å². The van der Waals surface area contributed by atoms with Gasteiger partial charge in [0.2, 0.25) is 0 Å². The van der Waals surface area contributed by atoms with E-state index in [-0.39, 0.29) is 5.69 Å². The van der Waals surface area contributed by atoms with E-state index in [1.807, 2.05) is 24.3 Å². The van der Waals surface area contributed by atoms with E-state index in [9.17, 15) is 4.79 Å². The summed E-state index contributed by atoms with van der Waals surface area (Å²) in [5.41, 5.74) is 6.62. The lowest BCUT2D eigenvalue weighted by Crippen LogP contribution is -2.12. The number of carbonyl (C=O) groups is 1. The van der Waals surface area contributed by atoms with Gasteiger partial charge in [0.1, 0.15) is 11.4 Å². The van der Waals surface area contributed by atoms with Gasteiger partial charge in [-0.05, 0) is 30.7 Å². The fourth-order valence-corrected chi connectivity index (χ4v) is 2.03. The van der Waals surface area contributed by atoms with Crippen molar-refractivity contribution in [1.82, 2.24) is 15.4 Å². The Balaban J connectivity index is 1.95. The van der Waals surface area contributed by atoms with E-state index < -0.39 is 5.91 Å². The minimum atomic E-state index is -0.602. The molecule has 2 aromatic rings. The average molecular weight is 288 g/mol. The molecule has 0 radical (unpaired) electrons. The second kappa shape index (κ2) is 7.42. The van der Waals surface area contributed by atoms with E-state index in [0.717, 1.165) is 24.3 Å². The monoisotopic (exact) mass is 288 g/mol. The van der Waals surface area contributed by atoms with Crippen LogP contribution in [0.25, 0.3) is 11.3 Å². The molecule has 0 aliphatic heterocycles. The first-order chi connectivity index (χ1) is 10.2. The summed E-state index contributed by atoms with van der Waals surface area (Å²) in [6.07, 6.45) is 4.71. The van der Waals surface area contributed by atoms with Gasteiger partial charge in [0.05, 0.1) is 6.61 Å². The van der Waals surface area contributed by atoms with E-state index in [0.29, 0.717) is 5.69 Å². The summed E-state index contributed by atoms with van der Waals surface area (Å²) in [4.78, 5) is 11.2. The van der Waals surface area contributed by atoms with Crippen LogP contribution in [0.5, 0.6) is 5.75 Å². The van der Waals surface area contributed by atoms with Gasteiger partial charge in [0.15, 0.2) is 5.69 Å². The summed E-state index contributed by atoms with van der Waals surface area (Å²) in [6, 6.07) is 7.39. The number of ether oxygens (including phenoxy) is 1. The second-order valence-corrected chi connectivity index (χ2v) is 4.82. The molecule has 1 aromatic heterocycles. The quantitative estimate of drug-likeness (QED) is 0.730. The minimum absolute atomic E-state index is 0.142. The van der Waals surface area contributed by atoms with Gasteiger partial charge in [-0.1, -0.05) is 26.2 Å². The summed E-state index contributed by atoms with van der Waals surface area (Å²) in [7, 11) is 0. The third kappa shape index (κ3) is 4.05. The van der Waals surface area contributed by atoms with Gasteiger partial charge in [0, 0.05) is 5.56 Å². The van der Waals surface area contributed by atoms with Crippen LogP contribution in [0.4, 0.5) is 0 Å². The van der Waals surface area contributed by atoms with Gasteiger partial charge >= 0.3 is 0 Å². The van der Waals surface area contributed by atoms with Crippen LogP contribution in [-0.2, 0) is 0 Å². The largest absolute Gasteiger partial charge is 0.494 e. The van der Waals surface area contributed by atoms with Gasteiger partial charge in [-0.25, -0.2) is 0 Å². The molecule has 21 heavy (non-hydrogen) atoms. The normalized spacial score (nSPS) is 10.5. The van der Waals surface area contributed by atoms with Gasteiger partial charge in [-0.3, -0.25) is 4.79 Å². The van der Waals surface area contributed by atoms with Gasteiger partial charge in [0.25, 0.3) is 5.91 Å². The van der Waals surface area contributed by atoms with Crippen LogP contribution < -0.4 is 10.5 Å². The van der Waals surface area contributed by atoms with Crippen LogP contribution in [-0.4, -0.2) is 27.9 Å². The molecule has 0 fully saturated rings. The fourth-order valence-electron chi connectivity index (χ4n) is 2.03. The minimum Gasteiger partial charge on any atom is -0.494 e. The Morgan fingerprint density at radius 2 is 1.95 bits per heavy atom. The van der Waals surface area contributed by atoms with E-state index in [4.69, 9.17) is 10.5 Å². The van der Waals surface area contributed by atoms with Gasteiger partial charge < -0.3 is 10.5 Å². The molecule has 0 saturated heterocycles. The van der Waals surface area contributed by atoms with Crippen molar-refractivity contribution in [3.05, 3.63) is 30.0 Å². The summed E-state index contributed by atoms with van der Waals surface area (Å²) in [5.74, 6) is 0.203. The van der Waals surface area contributed by atoms with Crippen molar-refractivity contribution in [3.8, 4) is 17.0 Å². The highest BCUT2D eigenvalue weighted by Gasteiger charge is 2.14. The average Bonchev–Trinajstić information content (AvgIpc) is 2.97. The first kappa shape index (κ1) is 15.0. The number of nitrogens with zero attached hydrogens (tertiary/aromatic N) is 2. The highest BCUT2D eigenvalue weighted by atomic mass is 16.5. The molecule has 1 heterocycles. The molecule has 2 rings (SSSR count). The molecule has 3 N–H and O–H groups in total. The summed E-state index contributed by atoms with van der Waals surface area (Å²) in [5, 5.41) is 10.1. The molecule has 1 amide bonds. The predicted molar refractivity (Wildman–Crippen MR) is 80.0 cm³/mol. The van der Waals surface area contributed by atoms with Crippen LogP contribution in [0.2, 0.25) is 0 Å². The first-order valence-electron chi connectivity index (χ1n) is 7.16. The molecule has 0 bridgehead atoms. The van der Waals surface area contributed by atoms with Crippen molar-refractivity contribution in [2.45, 2.75) is 32.6 Å². The number of nitrogens with two attached hydrogens (primary N) is 1. The van der Waals surface area contributed by atoms with E-state index in [2.05, 4.69) is 22.3 Å². The molecule has 6 nitrogen and oxygen atoms in total. The summed E-state index contributed by atoms with van der Waals surface area (Å²) >= 11 is 0. The Morgan fingerprint density at radius 1 is 1.19 bits per heavy atom. The van der Waals surface area contributed by atoms with Crippen molar-refractivity contribution >= 4 is 5.91 Å². The maximum atomic E-state index is 11.2. The number of amides is 1. The third-order valence-corrected chi connectivity index (χ3v) is 3.18. The number of carbonyl (C=O) groups excluding carboxylic acids is 1. The lowest BCUT2D eigenvalue weighted by Gasteiger charge is -2.06. The van der Waals surface area contributed by atoms with Crippen LogP contribution in [0.15, 0.2) is 24.3 Å². The lowest BCUT2D eigenvalue weighted by atomic mass is 10.1. The summed E-state index contributed by atoms with van der Waals surface area (Å²) in [6.45, 7) is 2.90. The number of aromatic nitrogens is 3. The number of benzene rings is 1. The van der Waals surface area contributed by atoms with Crippen LogP contribution in [0.1, 0.15) is 43.1 Å². The molecular formula is C15H20N4O2. The molecule has 0 aliphatic rings. The van der Waals surface area contributed by atoms with Crippen molar-refractivity contribution in [1.29, 1.82) is 0 Å². The van der Waals surface area contributed by atoms with Crippen LogP contribution >= 0.6 is 0 Å². The Bertz CT molecular complexity index is 578. The van der Waals surface area contributed by atoms with Crippen LogP contribution in [0, 0.1) is 0 Å². The molecule has 112 valence electrons. The molecule has 0 unspecified atom stereocenters. The van der Waals surface area contributed by atoms with Crippen molar-refractivity contribution in [3.63, 3.8) is 0 Å². The molecule has 1 aromatic carbocycles. The molecule has 0 atom stereocenters. The smallest absolute Gasteiger partial charge is 0.271 e. The maximum absolute atomic E-state index is 11.2. The van der Waals surface area contributed by atoms with Crippen molar-refractivity contribution in [2.24, 2.45) is 5.73 Å². The zero-order valence-corrected chi connectivity index (χ0v) is 12.1. The number of rotatable bonds is 8. The number of H-pyrrole nitrogens is 1. The van der Waals surface area contributed by atoms with Crippen LogP contribution in [0.3, 0.4) is 0 Å². The van der Waals surface area contributed by atoms with E-state index in [1.165, 1.54) is 19.3 Å². The standard InChI is InChI=1S/C15H20N4O2/c1-2-3-4-5-10-21-12-8-6-11(7-9-12)13-14(15(16)20)18-19-17-13/h6-9H,2-5,10H2,1H3,(H2,16,20)(H,17,18,19). The predicted octanol–water partition coefficient (Wildman–Crippen LogP) is 2.53. The zero-order chi connectivity index (χ0) is 15.1. The SMILES string of the molecule is CCCCCCOc1ccc(-c2n[nH]nc2C(N)=O)cc1. The second-order valence-electron chi connectivity index (χ2n) is 4.82. The first-order valence-corrected chi connectivity index (χ1v) is 7.16. The molecule has 0 saturated carbocycles. The number of aromatic amines is 1. The number of unbranched alkanes of at least 4 members (excludes halogenated alkanes) is 3. The van der Waals surface area contributed by atoms with Gasteiger partial charge in [-0.15, -0.1) is 0 Å². The highest BCUT2D eigenvalue weighted by Crippen LogP contribution is 2.22. The molecule has 0 aliphatic carbocycles. The zero-order valence-electron chi connectivity index (χ0n) is 12.1. The fraction of sp³-hybridized carbons (Fsp3) is 0.400. The third-order valence-electron chi connectivity index (χ3n) is 3.18. The molecular weight excluding hydrogens is 268 g/mol. The Kier molecular flexibility index (Phi) is 5.31. The Hall–Kier alpha value is -2.37. The van der Waals surface area contributed by atoms with Crippen molar-refractivity contribution < 1.29 is 9.53 Å². The maximum Gasteiger partial charge on any atom is 0.271 e. The Morgan fingerprint density at radius 3 is 2.62 bits per heavy atom. The van der Waals surface area contributed by atoms with Crippen molar-refractivity contribution in [2.75, 3.05) is 6.61 Å². The number of primary amides is 1. The van der Waals surface area contributed by atoms with E-state index in [1.54, 1.807) is 0 Å². The number of hydrogen-bond donors (Lipinski definition) is 2.